The maximum absolute atomic E-state index is 11.1. The Hall–Kier alpha value is -1.90. The van der Waals surface area contributed by atoms with Gasteiger partial charge in [0.25, 0.3) is 0 Å². The predicted molar refractivity (Wildman–Crippen MR) is 62.1 cm³/mol. The molecule has 0 radical (unpaired) electrons. The van der Waals surface area contributed by atoms with Crippen LogP contribution in [0.2, 0.25) is 0 Å². The summed E-state index contributed by atoms with van der Waals surface area (Å²) in [6, 6.07) is 7.08. The molecule has 0 fully saturated rings. The van der Waals surface area contributed by atoms with Crippen LogP contribution >= 0.6 is 0 Å². The molecule has 0 N–H and O–H groups in total. The van der Waals surface area contributed by atoms with Gasteiger partial charge in [0.2, 0.25) is 0 Å². The third-order valence-electron chi connectivity index (χ3n) is 1.99. The van der Waals surface area contributed by atoms with Crippen LogP contribution in [0.5, 0.6) is 0 Å². The van der Waals surface area contributed by atoms with Crippen molar-refractivity contribution in [3.8, 4) is 0 Å². The molecule has 0 spiro atoms. The number of ether oxygens (including phenoxy) is 1. The van der Waals surface area contributed by atoms with Crippen LogP contribution in [0.3, 0.4) is 0 Å². The van der Waals surface area contributed by atoms with E-state index in [9.17, 15) is 9.59 Å². The number of hydrogen-bond donors (Lipinski definition) is 0. The molecule has 0 aliphatic rings. The van der Waals surface area contributed by atoms with Gasteiger partial charge in [-0.05, 0) is 31.6 Å². The molecule has 0 bridgehead atoms. The molecule has 0 saturated heterocycles. The third kappa shape index (κ3) is 3.69. The van der Waals surface area contributed by atoms with Crippen molar-refractivity contribution >= 4 is 17.8 Å². The molecule has 0 aliphatic carbocycles. The van der Waals surface area contributed by atoms with Gasteiger partial charge in [-0.1, -0.05) is 18.2 Å². The zero-order valence-corrected chi connectivity index (χ0v) is 9.40. The van der Waals surface area contributed by atoms with E-state index >= 15 is 0 Å². The summed E-state index contributed by atoms with van der Waals surface area (Å²) in [6.07, 6.45) is 2.98. The monoisotopic (exact) mass is 218 g/mol. The second kappa shape index (κ2) is 5.85. The van der Waals surface area contributed by atoms with E-state index in [2.05, 4.69) is 0 Å². The summed E-state index contributed by atoms with van der Waals surface area (Å²) in [7, 11) is 0. The number of esters is 1. The molecule has 0 aliphatic heterocycles. The van der Waals surface area contributed by atoms with Crippen molar-refractivity contribution in [3.05, 3.63) is 41.5 Å². The predicted octanol–water partition coefficient (Wildman–Crippen LogP) is 2.47. The fourth-order valence-electron chi connectivity index (χ4n) is 1.22. The van der Waals surface area contributed by atoms with Crippen LogP contribution in [-0.2, 0) is 9.53 Å². The molecule has 16 heavy (non-hydrogen) atoms. The number of Topliss-reactive ketones (excluding diaryl/α,β-unsaturated/α-hetero) is 1. The molecular weight excluding hydrogens is 204 g/mol. The van der Waals surface area contributed by atoms with Gasteiger partial charge in [-0.15, -0.1) is 0 Å². The van der Waals surface area contributed by atoms with Crippen LogP contribution in [0.1, 0.15) is 29.8 Å². The van der Waals surface area contributed by atoms with Crippen LogP contribution < -0.4 is 0 Å². The summed E-state index contributed by atoms with van der Waals surface area (Å²) < 4.78 is 4.75. The van der Waals surface area contributed by atoms with E-state index in [1.54, 1.807) is 31.2 Å². The van der Waals surface area contributed by atoms with E-state index < -0.39 is 0 Å². The van der Waals surface area contributed by atoms with E-state index in [0.717, 1.165) is 5.56 Å². The Morgan fingerprint density at radius 1 is 1.38 bits per heavy atom. The summed E-state index contributed by atoms with van der Waals surface area (Å²) in [6.45, 7) is 3.62. The Balaban J connectivity index is 2.77. The molecule has 0 saturated carbocycles. The van der Waals surface area contributed by atoms with Crippen molar-refractivity contribution in [3.63, 3.8) is 0 Å². The van der Waals surface area contributed by atoms with E-state index in [-0.39, 0.29) is 11.8 Å². The van der Waals surface area contributed by atoms with Gasteiger partial charge in [0.05, 0.1) is 6.61 Å². The second-order valence-electron chi connectivity index (χ2n) is 3.27. The molecule has 0 aromatic heterocycles. The summed E-state index contributed by atoms with van der Waals surface area (Å²) >= 11 is 0. The normalized spacial score (nSPS) is 10.4. The first kappa shape index (κ1) is 12.2. The Labute approximate surface area is 94.7 Å². The standard InChI is InChI=1S/C13H14O3/c1-3-16-13(15)8-7-11-5-4-6-12(9-11)10(2)14/h4-9H,3H2,1-2H3/b8-7+. The number of carbonyl (C=O) groups is 2. The third-order valence-corrected chi connectivity index (χ3v) is 1.99. The van der Waals surface area contributed by atoms with Gasteiger partial charge in [-0.2, -0.15) is 0 Å². The van der Waals surface area contributed by atoms with Gasteiger partial charge >= 0.3 is 5.97 Å². The zero-order valence-electron chi connectivity index (χ0n) is 9.40. The quantitative estimate of drug-likeness (QED) is 0.443. The van der Waals surface area contributed by atoms with Gasteiger partial charge in [0, 0.05) is 11.6 Å². The second-order valence-corrected chi connectivity index (χ2v) is 3.27. The van der Waals surface area contributed by atoms with Crippen LogP contribution in [0.25, 0.3) is 6.08 Å². The van der Waals surface area contributed by atoms with Gasteiger partial charge in [-0.3, -0.25) is 4.79 Å². The highest BCUT2D eigenvalue weighted by atomic mass is 16.5. The number of rotatable bonds is 4. The minimum absolute atomic E-state index is 0.00591. The molecular formula is C13H14O3. The highest BCUT2D eigenvalue weighted by Crippen LogP contribution is 2.07. The van der Waals surface area contributed by atoms with Crippen LogP contribution in [-0.4, -0.2) is 18.4 Å². The fraction of sp³-hybridized carbons (Fsp3) is 0.231. The van der Waals surface area contributed by atoms with Crippen molar-refractivity contribution in [2.45, 2.75) is 13.8 Å². The Kier molecular flexibility index (Phi) is 4.45. The lowest BCUT2D eigenvalue weighted by Crippen LogP contribution is -1.98. The van der Waals surface area contributed by atoms with Crippen molar-refractivity contribution in [2.75, 3.05) is 6.61 Å². The minimum atomic E-state index is -0.379. The Bertz CT molecular complexity index is 419. The number of benzene rings is 1. The van der Waals surface area contributed by atoms with E-state index in [4.69, 9.17) is 4.74 Å². The van der Waals surface area contributed by atoms with Crippen LogP contribution in [0, 0.1) is 0 Å². The smallest absolute Gasteiger partial charge is 0.330 e. The molecule has 0 unspecified atom stereocenters. The molecule has 0 heterocycles. The van der Waals surface area contributed by atoms with Crippen molar-refractivity contribution in [1.82, 2.24) is 0 Å². The Morgan fingerprint density at radius 2 is 2.12 bits per heavy atom. The zero-order chi connectivity index (χ0) is 12.0. The molecule has 3 heteroatoms. The topological polar surface area (TPSA) is 43.4 Å². The number of ketones is 1. The fourth-order valence-corrected chi connectivity index (χ4v) is 1.22. The average molecular weight is 218 g/mol. The molecule has 1 rings (SSSR count). The SMILES string of the molecule is CCOC(=O)/C=C/c1cccc(C(C)=O)c1. The molecule has 0 amide bonds. The molecule has 1 aromatic carbocycles. The molecule has 0 atom stereocenters. The summed E-state index contributed by atoms with van der Waals surface area (Å²) in [4.78, 5) is 22.2. The van der Waals surface area contributed by atoms with Crippen LogP contribution in [0.15, 0.2) is 30.3 Å². The lowest BCUT2D eigenvalue weighted by molar-refractivity contribution is -0.137. The summed E-state index contributed by atoms with van der Waals surface area (Å²) in [5.74, 6) is -0.373. The summed E-state index contributed by atoms with van der Waals surface area (Å²) in [5.41, 5.74) is 1.44. The van der Waals surface area contributed by atoms with E-state index in [1.807, 2.05) is 6.07 Å². The average Bonchev–Trinajstić information content (AvgIpc) is 2.27. The minimum Gasteiger partial charge on any atom is -0.463 e. The molecule has 3 nitrogen and oxygen atoms in total. The first-order valence-electron chi connectivity index (χ1n) is 5.09. The van der Waals surface area contributed by atoms with Gasteiger partial charge in [0.15, 0.2) is 5.78 Å². The first-order chi connectivity index (χ1) is 7.63. The maximum Gasteiger partial charge on any atom is 0.330 e. The lowest BCUT2D eigenvalue weighted by atomic mass is 10.1. The van der Waals surface area contributed by atoms with Crippen molar-refractivity contribution in [2.24, 2.45) is 0 Å². The first-order valence-corrected chi connectivity index (χ1v) is 5.09. The van der Waals surface area contributed by atoms with Gasteiger partial charge in [0.1, 0.15) is 0 Å². The summed E-state index contributed by atoms with van der Waals surface area (Å²) in [5, 5.41) is 0. The van der Waals surface area contributed by atoms with Crippen molar-refractivity contribution < 1.29 is 14.3 Å². The number of carbonyl (C=O) groups excluding carboxylic acids is 2. The number of hydrogen-bond acceptors (Lipinski definition) is 3. The highest BCUT2D eigenvalue weighted by Gasteiger charge is 1.99. The largest absolute Gasteiger partial charge is 0.463 e. The van der Waals surface area contributed by atoms with Gasteiger partial charge in [-0.25, -0.2) is 4.79 Å². The van der Waals surface area contributed by atoms with Crippen molar-refractivity contribution in [1.29, 1.82) is 0 Å². The van der Waals surface area contributed by atoms with E-state index in [0.29, 0.717) is 12.2 Å². The van der Waals surface area contributed by atoms with E-state index in [1.165, 1.54) is 13.0 Å². The van der Waals surface area contributed by atoms with Gasteiger partial charge < -0.3 is 4.74 Å². The molecule has 1 aromatic rings. The highest BCUT2D eigenvalue weighted by molar-refractivity contribution is 5.95. The lowest BCUT2D eigenvalue weighted by Gasteiger charge is -1.98. The van der Waals surface area contributed by atoms with Crippen LogP contribution in [0.4, 0.5) is 0 Å². The maximum atomic E-state index is 11.1. The Morgan fingerprint density at radius 3 is 2.75 bits per heavy atom. The molecule has 84 valence electrons.